The molecule has 1 saturated heterocycles. The van der Waals surface area contributed by atoms with Gasteiger partial charge in [0.1, 0.15) is 0 Å². The second-order valence-corrected chi connectivity index (χ2v) is 6.80. The van der Waals surface area contributed by atoms with E-state index >= 15 is 0 Å². The molecule has 2 rings (SSSR count). The maximum Gasteiger partial charge on any atom is 0.0739 e. The summed E-state index contributed by atoms with van der Waals surface area (Å²) in [5.41, 5.74) is 2.36. The second kappa shape index (κ2) is 7.05. The summed E-state index contributed by atoms with van der Waals surface area (Å²) < 4.78 is 3.17. The van der Waals surface area contributed by atoms with Gasteiger partial charge in [0, 0.05) is 26.2 Å². The molecule has 2 unspecified atom stereocenters. The Morgan fingerprint density at radius 3 is 2.85 bits per heavy atom. The van der Waals surface area contributed by atoms with E-state index in [1.165, 1.54) is 18.5 Å². The zero-order chi connectivity index (χ0) is 14.7. The van der Waals surface area contributed by atoms with Crippen molar-refractivity contribution in [2.24, 2.45) is 13.0 Å². The highest BCUT2D eigenvalue weighted by Gasteiger charge is 2.23. The summed E-state index contributed by atoms with van der Waals surface area (Å²) in [6, 6.07) is 0.607. The Morgan fingerprint density at radius 2 is 2.25 bits per heavy atom. The van der Waals surface area contributed by atoms with Crippen LogP contribution in [0.15, 0.2) is 4.47 Å². The number of rotatable bonds is 4. The van der Waals surface area contributed by atoms with E-state index in [9.17, 15) is 0 Å². The third kappa shape index (κ3) is 3.62. The van der Waals surface area contributed by atoms with E-state index in [-0.39, 0.29) is 0 Å². The fourth-order valence-corrected chi connectivity index (χ4v) is 3.36. The Hall–Kier alpha value is -0.390. The van der Waals surface area contributed by atoms with Crippen molar-refractivity contribution in [3.05, 3.63) is 15.9 Å². The molecular formula is C15H27BrN4. The Balaban J connectivity index is 2.07. The fourth-order valence-electron chi connectivity index (χ4n) is 2.90. The van der Waals surface area contributed by atoms with Gasteiger partial charge in [-0.25, -0.2) is 0 Å². The van der Waals surface area contributed by atoms with Crippen LogP contribution in [0.5, 0.6) is 0 Å². The summed E-state index contributed by atoms with van der Waals surface area (Å²) in [6.07, 6.45) is 2.46. The van der Waals surface area contributed by atoms with Gasteiger partial charge >= 0.3 is 0 Å². The first-order valence-electron chi connectivity index (χ1n) is 7.66. The van der Waals surface area contributed by atoms with E-state index in [0.717, 1.165) is 42.3 Å². The van der Waals surface area contributed by atoms with Gasteiger partial charge in [-0.15, -0.1) is 0 Å². The zero-order valence-corrected chi connectivity index (χ0v) is 14.7. The lowest BCUT2D eigenvalue weighted by molar-refractivity contribution is 0.226. The molecule has 0 bridgehead atoms. The minimum atomic E-state index is 0.607. The van der Waals surface area contributed by atoms with E-state index in [2.05, 4.69) is 52.0 Å². The van der Waals surface area contributed by atoms with Crippen molar-refractivity contribution >= 4 is 15.9 Å². The minimum absolute atomic E-state index is 0.607. The maximum atomic E-state index is 4.50. The van der Waals surface area contributed by atoms with Crippen LogP contribution in [0.25, 0.3) is 0 Å². The van der Waals surface area contributed by atoms with Gasteiger partial charge in [-0.1, -0.05) is 20.3 Å². The van der Waals surface area contributed by atoms with E-state index in [1.54, 1.807) is 0 Å². The minimum Gasteiger partial charge on any atom is -0.312 e. The number of aryl methyl sites for hydroxylation is 2. The second-order valence-electron chi connectivity index (χ2n) is 6.00. The van der Waals surface area contributed by atoms with Crippen LogP contribution in [0.4, 0.5) is 0 Å². The van der Waals surface area contributed by atoms with Crippen LogP contribution in [0.2, 0.25) is 0 Å². The van der Waals surface area contributed by atoms with Crippen LogP contribution in [-0.2, 0) is 13.6 Å². The summed E-state index contributed by atoms with van der Waals surface area (Å²) in [4.78, 5) is 2.57. The molecule has 1 aromatic heterocycles. The first kappa shape index (κ1) is 16.0. The Morgan fingerprint density at radius 1 is 1.50 bits per heavy atom. The predicted octanol–water partition coefficient (Wildman–Crippen LogP) is 2.70. The van der Waals surface area contributed by atoms with Gasteiger partial charge in [0.05, 0.1) is 15.9 Å². The van der Waals surface area contributed by atoms with Crippen LogP contribution in [0.3, 0.4) is 0 Å². The van der Waals surface area contributed by atoms with Crippen LogP contribution in [-0.4, -0.2) is 40.4 Å². The van der Waals surface area contributed by atoms with Crippen molar-refractivity contribution in [1.82, 2.24) is 20.0 Å². The van der Waals surface area contributed by atoms with Crippen LogP contribution in [0, 0.1) is 12.8 Å². The summed E-state index contributed by atoms with van der Waals surface area (Å²) in [7, 11) is 2.04. The molecule has 1 aromatic rings. The molecule has 0 aromatic carbocycles. The van der Waals surface area contributed by atoms with Crippen molar-refractivity contribution in [1.29, 1.82) is 0 Å². The number of aromatic nitrogens is 2. The van der Waals surface area contributed by atoms with Crippen molar-refractivity contribution < 1.29 is 0 Å². The average Bonchev–Trinajstić information content (AvgIpc) is 2.64. The molecule has 2 heterocycles. The SMILES string of the molecule is CCC(C)C1CN(Cc2c(Br)c(C)nn2C)CCCN1. The van der Waals surface area contributed by atoms with Gasteiger partial charge in [0.2, 0.25) is 0 Å². The maximum absolute atomic E-state index is 4.50. The molecule has 4 nitrogen and oxygen atoms in total. The predicted molar refractivity (Wildman–Crippen MR) is 86.8 cm³/mol. The van der Waals surface area contributed by atoms with E-state index in [4.69, 9.17) is 0 Å². The molecule has 20 heavy (non-hydrogen) atoms. The monoisotopic (exact) mass is 342 g/mol. The largest absolute Gasteiger partial charge is 0.312 e. The summed E-state index contributed by atoms with van der Waals surface area (Å²) in [5.74, 6) is 0.729. The molecule has 0 aliphatic carbocycles. The van der Waals surface area contributed by atoms with E-state index < -0.39 is 0 Å². The molecule has 1 aliphatic rings. The smallest absolute Gasteiger partial charge is 0.0739 e. The van der Waals surface area contributed by atoms with Gasteiger partial charge in [-0.3, -0.25) is 9.58 Å². The molecule has 5 heteroatoms. The summed E-state index contributed by atoms with van der Waals surface area (Å²) in [6.45, 7) is 11.1. The van der Waals surface area contributed by atoms with Gasteiger partial charge < -0.3 is 5.32 Å². The quantitative estimate of drug-likeness (QED) is 0.913. The van der Waals surface area contributed by atoms with Crippen LogP contribution >= 0.6 is 15.9 Å². The van der Waals surface area contributed by atoms with Gasteiger partial charge in [-0.2, -0.15) is 5.10 Å². The Kier molecular flexibility index (Phi) is 5.64. The molecule has 1 aliphatic heterocycles. The first-order chi connectivity index (χ1) is 9.52. The molecule has 0 saturated carbocycles. The lowest BCUT2D eigenvalue weighted by Crippen LogP contribution is -2.41. The van der Waals surface area contributed by atoms with Gasteiger partial charge in [-0.05, 0) is 48.3 Å². The fraction of sp³-hybridized carbons (Fsp3) is 0.800. The number of nitrogens with one attached hydrogen (secondary N) is 1. The standard InChI is InChI=1S/C15H27BrN4/c1-5-11(2)13-9-20(8-6-7-17-13)10-14-15(16)12(3)18-19(14)4/h11,13,17H,5-10H2,1-4H3. The molecule has 1 N–H and O–H groups in total. The number of halogens is 1. The number of nitrogens with zero attached hydrogens (tertiary/aromatic N) is 3. The highest BCUT2D eigenvalue weighted by Crippen LogP contribution is 2.23. The Bertz CT molecular complexity index is 443. The summed E-state index contributed by atoms with van der Waals surface area (Å²) in [5, 5.41) is 8.20. The number of hydrogen-bond acceptors (Lipinski definition) is 3. The van der Waals surface area contributed by atoms with Crippen molar-refractivity contribution in [2.45, 2.75) is 46.2 Å². The zero-order valence-electron chi connectivity index (χ0n) is 13.1. The molecule has 114 valence electrons. The lowest BCUT2D eigenvalue weighted by Gasteiger charge is -2.28. The molecule has 0 amide bonds. The number of hydrogen-bond donors (Lipinski definition) is 1. The topological polar surface area (TPSA) is 33.1 Å². The molecule has 0 radical (unpaired) electrons. The molecule has 2 atom stereocenters. The third-order valence-corrected chi connectivity index (χ3v) is 5.51. The molecular weight excluding hydrogens is 316 g/mol. The normalized spacial score (nSPS) is 22.8. The van der Waals surface area contributed by atoms with Crippen molar-refractivity contribution in [3.8, 4) is 0 Å². The van der Waals surface area contributed by atoms with E-state index in [0.29, 0.717) is 6.04 Å². The van der Waals surface area contributed by atoms with Crippen LogP contribution < -0.4 is 5.32 Å². The molecule has 0 spiro atoms. The van der Waals surface area contributed by atoms with Crippen LogP contribution in [0.1, 0.15) is 38.1 Å². The first-order valence-corrected chi connectivity index (χ1v) is 8.46. The highest BCUT2D eigenvalue weighted by atomic mass is 79.9. The summed E-state index contributed by atoms with van der Waals surface area (Å²) >= 11 is 3.68. The van der Waals surface area contributed by atoms with Crippen molar-refractivity contribution in [2.75, 3.05) is 19.6 Å². The molecule has 1 fully saturated rings. The Labute approximate surface area is 131 Å². The van der Waals surface area contributed by atoms with Gasteiger partial charge in [0.15, 0.2) is 0 Å². The van der Waals surface area contributed by atoms with Gasteiger partial charge in [0.25, 0.3) is 0 Å². The van der Waals surface area contributed by atoms with Crippen molar-refractivity contribution in [3.63, 3.8) is 0 Å². The highest BCUT2D eigenvalue weighted by molar-refractivity contribution is 9.10. The third-order valence-electron chi connectivity index (χ3n) is 4.48. The van der Waals surface area contributed by atoms with E-state index in [1.807, 2.05) is 11.7 Å². The lowest BCUT2D eigenvalue weighted by atomic mass is 9.99. The average molecular weight is 343 g/mol.